The maximum Gasteiger partial charge on any atom is 0.466 e. The maximum atomic E-state index is 8.88. The Balaban J connectivity index is 0. The van der Waals surface area contributed by atoms with E-state index in [0.717, 1.165) is 0 Å². The van der Waals surface area contributed by atoms with Crippen molar-refractivity contribution in [3.63, 3.8) is 0 Å². The molecule has 0 rings (SSSR count). The molecule has 0 aliphatic carbocycles. The molecule has 0 aliphatic heterocycles. The van der Waals surface area contributed by atoms with Gasteiger partial charge in [-0.2, -0.15) is 0 Å². The first kappa shape index (κ1) is 11.8. The third-order valence-electron chi connectivity index (χ3n) is 0.158. The molecule has 4 N–H and O–H groups in total. The fraction of sp³-hybridized carbons (Fsp3) is 0.667. The lowest BCUT2D eigenvalue weighted by atomic mass is 10.5. The van der Waals surface area contributed by atoms with Crippen molar-refractivity contribution < 1.29 is 24.4 Å². The van der Waals surface area contributed by atoms with Crippen LogP contribution in [0.1, 0.15) is 6.42 Å². The second kappa shape index (κ2) is 6.19. The number of phosphoric acid groups is 1. The fourth-order valence-electron chi connectivity index (χ4n) is 0. The lowest BCUT2D eigenvalue weighted by Crippen LogP contribution is -1.70. The zero-order valence-corrected chi connectivity index (χ0v) is 5.66. The fourth-order valence-corrected chi connectivity index (χ4v) is 0. The van der Waals surface area contributed by atoms with Crippen LogP contribution in [0.3, 0.4) is 0 Å². The summed E-state index contributed by atoms with van der Waals surface area (Å²) in [6.07, 6.45) is 0.625. The normalized spacial score (nSPS) is 9.89. The van der Waals surface area contributed by atoms with Gasteiger partial charge in [0, 0.05) is 6.61 Å². The Morgan fingerprint density at radius 3 is 1.44 bits per heavy atom. The van der Waals surface area contributed by atoms with Gasteiger partial charge in [0.1, 0.15) is 0 Å². The highest BCUT2D eigenvalue weighted by Gasteiger charge is 2.00. The largest absolute Gasteiger partial charge is 0.466 e. The van der Waals surface area contributed by atoms with Crippen LogP contribution in [0.15, 0.2) is 0 Å². The van der Waals surface area contributed by atoms with Crippen molar-refractivity contribution in [2.24, 2.45) is 0 Å². The van der Waals surface area contributed by atoms with E-state index in [9.17, 15) is 0 Å². The van der Waals surface area contributed by atoms with Gasteiger partial charge in [0.2, 0.25) is 0 Å². The minimum atomic E-state index is -4.64. The average Bonchev–Trinajstić information content (AvgIpc) is 1.61. The van der Waals surface area contributed by atoms with E-state index in [4.69, 9.17) is 24.4 Å². The van der Waals surface area contributed by atoms with Crippen molar-refractivity contribution in [2.75, 3.05) is 6.61 Å². The first-order chi connectivity index (χ1) is 3.91. The Kier molecular flexibility index (Phi) is 8.13. The highest BCUT2D eigenvalue weighted by Crippen LogP contribution is 2.25. The van der Waals surface area contributed by atoms with E-state index < -0.39 is 7.82 Å². The Bertz CT molecular complexity index is 75.9. The molecule has 0 atom stereocenters. The number of rotatable bonds is 1. The van der Waals surface area contributed by atoms with Gasteiger partial charge >= 0.3 is 7.82 Å². The van der Waals surface area contributed by atoms with Gasteiger partial charge in [0.15, 0.2) is 0 Å². The van der Waals surface area contributed by atoms with Crippen molar-refractivity contribution >= 4 is 7.82 Å². The predicted molar refractivity (Wildman–Crippen MR) is 31.3 cm³/mol. The first-order valence-electron chi connectivity index (χ1n) is 2.10. The Hall–Kier alpha value is 0.0700. The van der Waals surface area contributed by atoms with Gasteiger partial charge in [0.25, 0.3) is 0 Å². The quantitative estimate of drug-likeness (QED) is 0.376. The zero-order valence-electron chi connectivity index (χ0n) is 4.77. The molecule has 0 aromatic rings. The van der Waals surface area contributed by atoms with E-state index >= 15 is 0 Å². The zero-order chi connectivity index (χ0) is 7.91. The average molecular weight is 157 g/mol. The summed E-state index contributed by atoms with van der Waals surface area (Å²) in [5, 5.41) is 7.81. The molecular weight excluding hydrogens is 147 g/mol. The summed E-state index contributed by atoms with van der Waals surface area (Å²) in [4.78, 5) is 21.6. The Labute approximate surface area is 53.2 Å². The molecule has 57 valence electrons. The Morgan fingerprint density at radius 1 is 1.33 bits per heavy atom. The minimum absolute atomic E-state index is 0.208. The van der Waals surface area contributed by atoms with Gasteiger partial charge in [0.05, 0.1) is 0 Å². The second-order valence-electron chi connectivity index (χ2n) is 1.09. The molecule has 0 aromatic carbocycles. The highest BCUT2D eigenvalue weighted by molar-refractivity contribution is 7.45. The Morgan fingerprint density at radius 2 is 1.44 bits per heavy atom. The summed E-state index contributed by atoms with van der Waals surface area (Å²) in [6, 6.07) is 0. The molecule has 0 spiro atoms. The van der Waals surface area contributed by atoms with Gasteiger partial charge in [-0.25, -0.2) is 4.57 Å². The molecule has 5 nitrogen and oxygen atoms in total. The summed E-state index contributed by atoms with van der Waals surface area (Å²) in [6.45, 7) is 3.56. The summed E-state index contributed by atoms with van der Waals surface area (Å²) in [7, 11) is -4.64. The van der Waals surface area contributed by atoms with E-state index in [1.54, 1.807) is 0 Å². The maximum absolute atomic E-state index is 8.88. The van der Waals surface area contributed by atoms with Crippen LogP contribution in [0.5, 0.6) is 0 Å². The highest BCUT2D eigenvalue weighted by atomic mass is 31.2. The molecule has 0 aliphatic rings. The molecule has 0 fully saturated rings. The predicted octanol–water partition coefficient (Wildman–Crippen LogP) is -0.726. The third kappa shape index (κ3) is 260. The van der Waals surface area contributed by atoms with Gasteiger partial charge in [-0.3, -0.25) is 0 Å². The van der Waals surface area contributed by atoms with Crippen molar-refractivity contribution in [3.05, 3.63) is 6.92 Å². The molecule has 6 heteroatoms. The molecule has 0 aromatic heterocycles. The molecule has 0 bridgehead atoms. The van der Waals surface area contributed by atoms with Crippen LogP contribution in [0, 0.1) is 6.92 Å². The lowest BCUT2D eigenvalue weighted by molar-refractivity contribution is 0.275. The van der Waals surface area contributed by atoms with Crippen LogP contribution in [-0.2, 0) is 4.57 Å². The molecule has 0 unspecified atom stereocenters. The van der Waals surface area contributed by atoms with E-state index in [-0.39, 0.29) is 6.61 Å². The van der Waals surface area contributed by atoms with Crippen molar-refractivity contribution in [1.82, 2.24) is 0 Å². The van der Waals surface area contributed by atoms with E-state index in [2.05, 4.69) is 6.92 Å². The van der Waals surface area contributed by atoms with Gasteiger partial charge in [-0.1, -0.05) is 6.92 Å². The van der Waals surface area contributed by atoms with Crippen LogP contribution in [0.2, 0.25) is 0 Å². The van der Waals surface area contributed by atoms with Crippen LogP contribution in [-0.4, -0.2) is 26.4 Å². The summed E-state index contributed by atoms with van der Waals surface area (Å²) >= 11 is 0. The first-order valence-corrected chi connectivity index (χ1v) is 3.66. The van der Waals surface area contributed by atoms with Crippen molar-refractivity contribution in [3.8, 4) is 0 Å². The number of hydrogen-bond donors (Lipinski definition) is 4. The van der Waals surface area contributed by atoms with Gasteiger partial charge < -0.3 is 19.8 Å². The van der Waals surface area contributed by atoms with Crippen LogP contribution in [0.25, 0.3) is 0 Å². The minimum Gasteiger partial charge on any atom is -0.396 e. The topological polar surface area (TPSA) is 98.0 Å². The molecule has 0 heterocycles. The molecular formula is C3H10O5P. The van der Waals surface area contributed by atoms with E-state index in [1.165, 1.54) is 0 Å². The lowest BCUT2D eigenvalue weighted by Gasteiger charge is -1.82. The second-order valence-corrected chi connectivity index (χ2v) is 2.12. The molecule has 0 saturated heterocycles. The van der Waals surface area contributed by atoms with Crippen LogP contribution >= 0.6 is 7.82 Å². The standard InChI is InChI=1S/C3H7O.H3O4P/c1-2-3-4;1-5(2,3)4/h4H,1-3H2;(H3,1,2,3,4). The van der Waals surface area contributed by atoms with Gasteiger partial charge in [-0.15, -0.1) is 0 Å². The van der Waals surface area contributed by atoms with E-state index in [1.807, 2.05) is 0 Å². The molecule has 1 radical (unpaired) electrons. The number of hydrogen-bond acceptors (Lipinski definition) is 2. The van der Waals surface area contributed by atoms with Crippen LogP contribution < -0.4 is 0 Å². The van der Waals surface area contributed by atoms with Crippen molar-refractivity contribution in [2.45, 2.75) is 6.42 Å². The third-order valence-corrected chi connectivity index (χ3v) is 0.158. The summed E-state index contributed by atoms with van der Waals surface area (Å²) < 4.78 is 8.88. The van der Waals surface area contributed by atoms with Gasteiger partial charge in [-0.05, 0) is 6.42 Å². The SMILES string of the molecule is O=P(O)(O)O.[CH2]CCO. The summed E-state index contributed by atoms with van der Waals surface area (Å²) in [5.74, 6) is 0. The molecule has 0 amide bonds. The van der Waals surface area contributed by atoms with Crippen LogP contribution in [0.4, 0.5) is 0 Å². The smallest absolute Gasteiger partial charge is 0.396 e. The molecule has 0 saturated carbocycles. The monoisotopic (exact) mass is 157 g/mol. The number of aliphatic hydroxyl groups excluding tert-OH is 1. The van der Waals surface area contributed by atoms with E-state index in [0.29, 0.717) is 6.42 Å². The van der Waals surface area contributed by atoms with Crippen molar-refractivity contribution in [1.29, 1.82) is 0 Å². The molecule has 9 heavy (non-hydrogen) atoms. The summed E-state index contributed by atoms with van der Waals surface area (Å²) in [5.41, 5.74) is 0. The number of aliphatic hydroxyl groups is 1.